The molecule has 2 unspecified atom stereocenters. The molecule has 2 rings (SSSR count). The molecule has 21 heavy (non-hydrogen) atoms. The largest absolute Gasteiger partial charge is 0.374 e. The van der Waals surface area contributed by atoms with E-state index in [4.69, 9.17) is 4.74 Å². The van der Waals surface area contributed by atoms with Crippen molar-refractivity contribution in [2.75, 3.05) is 46.4 Å². The van der Waals surface area contributed by atoms with Gasteiger partial charge in [-0.15, -0.1) is 0 Å². The summed E-state index contributed by atoms with van der Waals surface area (Å²) in [5.74, 6) is 0.445. The Kier molecular flexibility index (Phi) is 5.58. The van der Waals surface area contributed by atoms with E-state index in [2.05, 4.69) is 24.1 Å². The van der Waals surface area contributed by atoms with Gasteiger partial charge in [-0.3, -0.25) is 14.5 Å². The van der Waals surface area contributed by atoms with Crippen molar-refractivity contribution in [3.63, 3.8) is 0 Å². The summed E-state index contributed by atoms with van der Waals surface area (Å²) in [6.45, 7) is 9.08. The van der Waals surface area contributed by atoms with Crippen molar-refractivity contribution >= 4 is 11.8 Å². The molecule has 2 fully saturated rings. The second-order valence-corrected chi connectivity index (χ2v) is 6.57. The molecule has 2 saturated heterocycles. The maximum Gasteiger partial charge on any atom is 0.225 e. The first-order valence-electron chi connectivity index (χ1n) is 7.81. The zero-order valence-corrected chi connectivity index (χ0v) is 13.3. The van der Waals surface area contributed by atoms with Crippen molar-refractivity contribution in [3.8, 4) is 0 Å². The Morgan fingerprint density at radius 3 is 2.81 bits per heavy atom. The first-order chi connectivity index (χ1) is 9.95. The van der Waals surface area contributed by atoms with Gasteiger partial charge in [0.25, 0.3) is 0 Å². The number of amides is 2. The molecule has 0 radical (unpaired) electrons. The third-order valence-corrected chi connectivity index (χ3v) is 4.06. The van der Waals surface area contributed by atoms with Crippen LogP contribution in [0.3, 0.4) is 0 Å². The van der Waals surface area contributed by atoms with E-state index in [1.54, 1.807) is 11.9 Å². The average Bonchev–Trinajstić information content (AvgIpc) is 2.76. The minimum atomic E-state index is -0.210. The van der Waals surface area contributed by atoms with Gasteiger partial charge in [-0.1, -0.05) is 13.8 Å². The van der Waals surface area contributed by atoms with Crippen LogP contribution in [0.25, 0.3) is 0 Å². The standard InChI is InChI=1S/C15H27N3O3/c1-11(2)8-18-4-5-21-13(10-18)7-16-15(20)12-6-14(19)17(3)9-12/h11-13H,4-10H2,1-3H3,(H,16,20). The molecule has 0 aromatic carbocycles. The summed E-state index contributed by atoms with van der Waals surface area (Å²) < 4.78 is 5.71. The SMILES string of the molecule is CC(C)CN1CCOC(CNC(=O)C2CC(=O)N(C)C2)C1. The van der Waals surface area contributed by atoms with E-state index in [-0.39, 0.29) is 23.8 Å². The molecule has 2 atom stereocenters. The zero-order chi connectivity index (χ0) is 15.4. The lowest BCUT2D eigenvalue weighted by atomic mass is 10.1. The number of nitrogens with one attached hydrogen (secondary N) is 1. The van der Waals surface area contributed by atoms with Crippen molar-refractivity contribution in [2.24, 2.45) is 11.8 Å². The topological polar surface area (TPSA) is 61.9 Å². The van der Waals surface area contributed by atoms with Crippen LogP contribution in [0.15, 0.2) is 0 Å². The van der Waals surface area contributed by atoms with Gasteiger partial charge in [0.2, 0.25) is 11.8 Å². The smallest absolute Gasteiger partial charge is 0.225 e. The summed E-state index contributed by atoms with van der Waals surface area (Å²) in [6, 6.07) is 0. The van der Waals surface area contributed by atoms with Crippen LogP contribution >= 0.6 is 0 Å². The highest BCUT2D eigenvalue weighted by Crippen LogP contribution is 2.16. The van der Waals surface area contributed by atoms with Gasteiger partial charge >= 0.3 is 0 Å². The van der Waals surface area contributed by atoms with Gasteiger partial charge in [-0.05, 0) is 5.92 Å². The van der Waals surface area contributed by atoms with Crippen LogP contribution in [-0.4, -0.2) is 74.1 Å². The first-order valence-corrected chi connectivity index (χ1v) is 7.81. The van der Waals surface area contributed by atoms with Crippen molar-refractivity contribution in [1.29, 1.82) is 0 Å². The van der Waals surface area contributed by atoms with E-state index in [1.807, 2.05) is 0 Å². The fourth-order valence-electron chi connectivity index (χ4n) is 2.98. The average molecular weight is 297 g/mol. The molecule has 1 N–H and O–H groups in total. The Morgan fingerprint density at radius 2 is 2.19 bits per heavy atom. The van der Waals surface area contributed by atoms with E-state index < -0.39 is 0 Å². The molecule has 0 aromatic rings. The van der Waals surface area contributed by atoms with Crippen LogP contribution in [0.5, 0.6) is 0 Å². The Bertz CT molecular complexity index is 386. The molecule has 6 nitrogen and oxygen atoms in total. The second-order valence-electron chi connectivity index (χ2n) is 6.57. The normalized spacial score (nSPS) is 27.4. The van der Waals surface area contributed by atoms with Crippen LogP contribution in [0.4, 0.5) is 0 Å². The fourth-order valence-corrected chi connectivity index (χ4v) is 2.98. The predicted octanol–water partition coefficient (Wildman–Crippen LogP) is -0.0623. The third-order valence-electron chi connectivity index (χ3n) is 4.06. The van der Waals surface area contributed by atoms with Crippen molar-refractivity contribution in [2.45, 2.75) is 26.4 Å². The molecular weight excluding hydrogens is 270 g/mol. The Balaban J connectivity index is 1.72. The lowest BCUT2D eigenvalue weighted by Crippen LogP contribution is -2.49. The van der Waals surface area contributed by atoms with Crippen LogP contribution < -0.4 is 5.32 Å². The highest BCUT2D eigenvalue weighted by Gasteiger charge is 2.32. The third kappa shape index (κ3) is 4.68. The Hall–Kier alpha value is -1.14. The van der Waals surface area contributed by atoms with E-state index in [1.165, 1.54) is 0 Å². The maximum absolute atomic E-state index is 12.1. The van der Waals surface area contributed by atoms with Crippen molar-refractivity contribution in [1.82, 2.24) is 15.1 Å². The minimum Gasteiger partial charge on any atom is -0.374 e. The maximum atomic E-state index is 12.1. The number of rotatable bonds is 5. The first kappa shape index (κ1) is 16.2. The number of hydrogen-bond donors (Lipinski definition) is 1. The second kappa shape index (κ2) is 7.22. The number of morpholine rings is 1. The molecule has 0 spiro atoms. The summed E-state index contributed by atoms with van der Waals surface area (Å²) in [4.78, 5) is 27.5. The molecule has 2 amide bonds. The van der Waals surface area contributed by atoms with Crippen LogP contribution in [0.1, 0.15) is 20.3 Å². The number of carbonyl (C=O) groups excluding carboxylic acids is 2. The number of likely N-dealkylation sites (tertiary alicyclic amines) is 1. The van der Waals surface area contributed by atoms with E-state index in [0.29, 0.717) is 25.4 Å². The summed E-state index contributed by atoms with van der Waals surface area (Å²) >= 11 is 0. The number of hydrogen-bond acceptors (Lipinski definition) is 4. The van der Waals surface area contributed by atoms with Crippen LogP contribution in [0.2, 0.25) is 0 Å². The molecule has 0 aliphatic carbocycles. The van der Waals surface area contributed by atoms with E-state index in [0.717, 1.165) is 26.2 Å². The van der Waals surface area contributed by atoms with Gasteiger partial charge in [-0.25, -0.2) is 0 Å². The van der Waals surface area contributed by atoms with Crippen molar-refractivity contribution in [3.05, 3.63) is 0 Å². The molecule has 2 aliphatic rings. The molecule has 2 aliphatic heterocycles. The number of nitrogens with zero attached hydrogens (tertiary/aromatic N) is 2. The molecule has 120 valence electrons. The van der Waals surface area contributed by atoms with Gasteiger partial charge in [0.1, 0.15) is 0 Å². The zero-order valence-electron chi connectivity index (χ0n) is 13.3. The van der Waals surface area contributed by atoms with Gasteiger partial charge in [-0.2, -0.15) is 0 Å². The number of carbonyl (C=O) groups is 2. The Labute approximate surface area is 126 Å². The summed E-state index contributed by atoms with van der Waals surface area (Å²) in [5.41, 5.74) is 0. The lowest BCUT2D eigenvalue weighted by Gasteiger charge is -2.34. The summed E-state index contributed by atoms with van der Waals surface area (Å²) in [5, 5.41) is 2.94. The lowest BCUT2D eigenvalue weighted by molar-refractivity contribution is -0.128. The summed E-state index contributed by atoms with van der Waals surface area (Å²) in [7, 11) is 1.74. The fraction of sp³-hybridized carbons (Fsp3) is 0.867. The molecule has 0 bridgehead atoms. The van der Waals surface area contributed by atoms with Gasteiger partial charge in [0.05, 0.1) is 18.6 Å². The molecule has 0 aromatic heterocycles. The number of ether oxygens (including phenoxy) is 1. The van der Waals surface area contributed by atoms with Crippen molar-refractivity contribution < 1.29 is 14.3 Å². The van der Waals surface area contributed by atoms with Gasteiger partial charge in [0.15, 0.2) is 0 Å². The molecular formula is C15H27N3O3. The van der Waals surface area contributed by atoms with E-state index >= 15 is 0 Å². The van der Waals surface area contributed by atoms with Crippen LogP contribution in [0, 0.1) is 11.8 Å². The molecule has 2 heterocycles. The molecule has 0 saturated carbocycles. The highest BCUT2D eigenvalue weighted by molar-refractivity contribution is 5.89. The Morgan fingerprint density at radius 1 is 1.43 bits per heavy atom. The van der Waals surface area contributed by atoms with E-state index in [9.17, 15) is 9.59 Å². The molecule has 6 heteroatoms. The van der Waals surface area contributed by atoms with Gasteiger partial charge in [0, 0.05) is 46.2 Å². The van der Waals surface area contributed by atoms with Crippen LogP contribution in [-0.2, 0) is 14.3 Å². The highest BCUT2D eigenvalue weighted by atomic mass is 16.5. The minimum absolute atomic E-state index is 0.0303. The summed E-state index contributed by atoms with van der Waals surface area (Å²) in [6.07, 6.45) is 0.379. The van der Waals surface area contributed by atoms with Gasteiger partial charge < -0.3 is 15.0 Å². The monoisotopic (exact) mass is 297 g/mol. The quantitative estimate of drug-likeness (QED) is 0.772. The predicted molar refractivity (Wildman–Crippen MR) is 79.8 cm³/mol.